The van der Waals surface area contributed by atoms with Crippen molar-refractivity contribution in [2.45, 2.75) is 31.9 Å². The Labute approximate surface area is 90.0 Å². The van der Waals surface area contributed by atoms with E-state index < -0.39 is 0 Å². The van der Waals surface area contributed by atoms with Crippen molar-refractivity contribution in [2.24, 2.45) is 5.84 Å². The summed E-state index contributed by atoms with van der Waals surface area (Å²) in [6.07, 6.45) is 7.04. The maximum Gasteiger partial charge on any atom is 0.115 e. The quantitative estimate of drug-likeness (QED) is 0.536. The molecule has 0 saturated heterocycles. The van der Waals surface area contributed by atoms with Gasteiger partial charge in [-0.1, -0.05) is 13.3 Å². The summed E-state index contributed by atoms with van der Waals surface area (Å²) in [5, 5.41) is 0. The average molecular weight is 210 g/mol. The highest BCUT2D eigenvalue weighted by atomic mass is 16.5. The first-order valence-electron chi connectivity index (χ1n) is 5.07. The largest absolute Gasteiger partial charge is 0.379 e. The molecule has 2 unspecified atom stereocenters. The summed E-state index contributed by atoms with van der Waals surface area (Å²) in [5.74, 6) is 5.53. The third-order valence-electron chi connectivity index (χ3n) is 2.37. The number of nitrogens with two attached hydrogens (primary N) is 1. The Morgan fingerprint density at radius 3 is 2.60 bits per heavy atom. The highest BCUT2D eigenvalue weighted by molar-refractivity contribution is 5.10. The zero-order chi connectivity index (χ0) is 11.1. The molecule has 5 nitrogen and oxygen atoms in total. The van der Waals surface area contributed by atoms with Gasteiger partial charge in [-0.05, 0) is 6.42 Å². The van der Waals surface area contributed by atoms with Crippen LogP contribution in [0, 0.1) is 0 Å². The molecule has 0 bridgehead atoms. The minimum atomic E-state index is -0.0591. The monoisotopic (exact) mass is 210 g/mol. The van der Waals surface area contributed by atoms with Gasteiger partial charge in [0.1, 0.15) is 6.33 Å². The molecule has 1 rings (SSSR count). The van der Waals surface area contributed by atoms with E-state index in [1.807, 2.05) is 0 Å². The van der Waals surface area contributed by atoms with Crippen LogP contribution in [0.3, 0.4) is 0 Å². The summed E-state index contributed by atoms with van der Waals surface area (Å²) in [4.78, 5) is 7.94. The van der Waals surface area contributed by atoms with Crippen LogP contribution in [0.25, 0.3) is 0 Å². The van der Waals surface area contributed by atoms with Crippen LogP contribution in [0.5, 0.6) is 0 Å². The van der Waals surface area contributed by atoms with E-state index >= 15 is 0 Å². The van der Waals surface area contributed by atoms with E-state index in [1.54, 1.807) is 19.5 Å². The smallest absolute Gasteiger partial charge is 0.115 e. The van der Waals surface area contributed by atoms with Crippen LogP contribution in [0.15, 0.2) is 18.7 Å². The Kier molecular flexibility index (Phi) is 5.17. The molecule has 0 fully saturated rings. The lowest BCUT2D eigenvalue weighted by atomic mass is 10.0. The topological polar surface area (TPSA) is 73.1 Å². The van der Waals surface area contributed by atoms with E-state index in [2.05, 4.69) is 22.3 Å². The molecule has 0 radical (unpaired) electrons. The second kappa shape index (κ2) is 6.44. The van der Waals surface area contributed by atoms with Crippen LogP contribution in [-0.2, 0) is 4.74 Å². The molecular weight excluding hydrogens is 192 g/mol. The third kappa shape index (κ3) is 3.23. The summed E-state index contributed by atoms with van der Waals surface area (Å²) in [5.41, 5.74) is 3.69. The van der Waals surface area contributed by atoms with E-state index in [-0.39, 0.29) is 12.1 Å². The number of ether oxygens (including phenoxy) is 1. The van der Waals surface area contributed by atoms with E-state index in [9.17, 15) is 0 Å². The first kappa shape index (κ1) is 12.0. The number of nitrogens with one attached hydrogen (secondary N) is 1. The van der Waals surface area contributed by atoms with Crippen molar-refractivity contribution in [1.29, 1.82) is 0 Å². The van der Waals surface area contributed by atoms with Gasteiger partial charge in [-0.2, -0.15) is 0 Å². The molecule has 1 aromatic heterocycles. The fraction of sp³-hybridized carbons (Fsp3) is 0.600. The SMILES string of the molecule is CCCC(OC)C(NN)c1cncnc1. The minimum absolute atomic E-state index is 0.0472. The molecule has 15 heavy (non-hydrogen) atoms. The van der Waals surface area contributed by atoms with Gasteiger partial charge in [0.25, 0.3) is 0 Å². The highest BCUT2D eigenvalue weighted by Crippen LogP contribution is 2.19. The fourth-order valence-corrected chi connectivity index (χ4v) is 1.59. The molecule has 5 heteroatoms. The van der Waals surface area contributed by atoms with Crippen molar-refractivity contribution in [3.63, 3.8) is 0 Å². The molecule has 0 aliphatic carbocycles. The van der Waals surface area contributed by atoms with Crippen LogP contribution in [0.4, 0.5) is 0 Å². The fourth-order valence-electron chi connectivity index (χ4n) is 1.59. The first-order chi connectivity index (χ1) is 7.33. The zero-order valence-corrected chi connectivity index (χ0v) is 9.18. The van der Waals surface area contributed by atoms with Gasteiger partial charge in [0.05, 0.1) is 12.1 Å². The summed E-state index contributed by atoms with van der Waals surface area (Å²) in [7, 11) is 1.69. The van der Waals surface area contributed by atoms with E-state index in [0.717, 1.165) is 18.4 Å². The molecule has 0 aliphatic heterocycles. The summed E-state index contributed by atoms with van der Waals surface area (Å²) < 4.78 is 5.40. The lowest BCUT2D eigenvalue weighted by Crippen LogP contribution is -2.37. The van der Waals surface area contributed by atoms with Crippen molar-refractivity contribution in [2.75, 3.05) is 7.11 Å². The lowest BCUT2D eigenvalue weighted by molar-refractivity contribution is 0.0604. The van der Waals surface area contributed by atoms with Gasteiger partial charge in [0.2, 0.25) is 0 Å². The van der Waals surface area contributed by atoms with Gasteiger partial charge in [0, 0.05) is 25.1 Å². The number of aromatic nitrogens is 2. The Hall–Kier alpha value is -1.04. The molecule has 2 atom stereocenters. The normalized spacial score (nSPS) is 14.9. The summed E-state index contributed by atoms with van der Waals surface area (Å²) in [6.45, 7) is 2.11. The molecule has 0 aromatic carbocycles. The zero-order valence-electron chi connectivity index (χ0n) is 9.18. The lowest BCUT2D eigenvalue weighted by Gasteiger charge is -2.24. The van der Waals surface area contributed by atoms with Gasteiger partial charge < -0.3 is 4.74 Å². The number of hydrogen-bond acceptors (Lipinski definition) is 5. The molecular formula is C10H18N4O. The highest BCUT2D eigenvalue weighted by Gasteiger charge is 2.21. The second-order valence-corrected chi connectivity index (χ2v) is 3.38. The van der Waals surface area contributed by atoms with Crippen molar-refractivity contribution in [1.82, 2.24) is 15.4 Å². The molecule has 0 aliphatic rings. The van der Waals surface area contributed by atoms with Gasteiger partial charge in [-0.3, -0.25) is 11.3 Å². The minimum Gasteiger partial charge on any atom is -0.379 e. The van der Waals surface area contributed by atoms with Crippen LogP contribution >= 0.6 is 0 Å². The second-order valence-electron chi connectivity index (χ2n) is 3.38. The van der Waals surface area contributed by atoms with E-state index in [4.69, 9.17) is 10.6 Å². The average Bonchev–Trinajstić information content (AvgIpc) is 2.30. The Morgan fingerprint density at radius 2 is 2.13 bits per heavy atom. The third-order valence-corrected chi connectivity index (χ3v) is 2.37. The maximum atomic E-state index is 5.53. The van der Waals surface area contributed by atoms with Crippen molar-refractivity contribution in [3.05, 3.63) is 24.3 Å². The van der Waals surface area contributed by atoms with Crippen molar-refractivity contribution in [3.8, 4) is 0 Å². The molecule has 0 amide bonds. The molecule has 3 N–H and O–H groups in total. The number of hydrogen-bond donors (Lipinski definition) is 2. The number of methoxy groups -OCH3 is 1. The standard InChI is InChI=1S/C10H18N4O/c1-3-4-9(15-2)10(14-11)8-5-12-7-13-6-8/h5-7,9-10,14H,3-4,11H2,1-2H3. The van der Waals surface area contributed by atoms with Crippen LogP contribution in [0.1, 0.15) is 31.4 Å². The number of nitrogens with zero attached hydrogens (tertiary/aromatic N) is 2. The van der Waals surface area contributed by atoms with Crippen molar-refractivity contribution >= 4 is 0 Å². The van der Waals surface area contributed by atoms with Crippen molar-refractivity contribution < 1.29 is 4.74 Å². The van der Waals surface area contributed by atoms with Gasteiger partial charge in [-0.25, -0.2) is 9.97 Å². The predicted octanol–water partition coefficient (Wildman–Crippen LogP) is 0.796. The Balaban J connectivity index is 2.77. The Morgan fingerprint density at radius 1 is 1.47 bits per heavy atom. The molecule has 84 valence electrons. The summed E-state index contributed by atoms with van der Waals surface area (Å²) >= 11 is 0. The van der Waals surface area contributed by atoms with E-state index in [1.165, 1.54) is 6.33 Å². The van der Waals surface area contributed by atoms with Crippen LogP contribution in [-0.4, -0.2) is 23.2 Å². The van der Waals surface area contributed by atoms with Gasteiger partial charge in [-0.15, -0.1) is 0 Å². The maximum absolute atomic E-state index is 5.53. The molecule has 1 heterocycles. The number of rotatable bonds is 6. The predicted molar refractivity (Wildman–Crippen MR) is 57.8 cm³/mol. The van der Waals surface area contributed by atoms with Crippen LogP contribution in [0.2, 0.25) is 0 Å². The Bertz CT molecular complexity index is 267. The molecule has 1 aromatic rings. The van der Waals surface area contributed by atoms with E-state index in [0.29, 0.717) is 0 Å². The molecule has 0 spiro atoms. The molecule has 0 saturated carbocycles. The summed E-state index contributed by atoms with van der Waals surface area (Å²) in [6, 6.07) is -0.0591. The first-order valence-corrected chi connectivity index (χ1v) is 5.07. The van der Waals surface area contributed by atoms with Gasteiger partial charge in [0.15, 0.2) is 0 Å². The number of hydrazine groups is 1. The van der Waals surface area contributed by atoms with Gasteiger partial charge >= 0.3 is 0 Å². The van der Waals surface area contributed by atoms with Crippen LogP contribution < -0.4 is 11.3 Å².